The average molecular weight is 654 g/mol. The van der Waals surface area contributed by atoms with E-state index >= 15 is 0 Å². The molecule has 0 N–H and O–H groups in total. The van der Waals surface area contributed by atoms with E-state index in [1.165, 1.54) is 0 Å². The van der Waals surface area contributed by atoms with Gasteiger partial charge in [-0.2, -0.15) is 0 Å². The fourth-order valence-corrected chi connectivity index (χ4v) is 7.75. The number of aromatic nitrogens is 3. The molecule has 11 rings (SSSR count). The van der Waals surface area contributed by atoms with Gasteiger partial charge >= 0.3 is 0 Å². The molecule has 0 saturated heterocycles. The van der Waals surface area contributed by atoms with Crippen LogP contribution < -0.4 is 0 Å². The van der Waals surface area contributed by atoms with E-state index in [1.54, 1.807) is 0 Å². The van der Waals surface area contributed by atoms with Gasteiger partial charge in [-0.25, -0.2) is 9.97 Å². The van der Waals surface area contributed by atoms with Crippen LogP contribution in [0, 0.1) is 0 Å². The maximum Gasteiger partial charge on any atom is 0.160 e. The lowest BCUT2D eigenvalue weighted by Gasteiger charge is -2.12. The van der Waals surface area contributed by atoms with Crippen molar-refractivity contribution in [3.05, 3.63) is 164 Å². The summed E-state index contributed by atoms with van der Waals surface area (Å²) in [5, 5.41) is 6.63. The van der Waals surface area contributed by atoms with Gasteiger partial charge in [0.2, 0.25) is 0 Å². The highest BCUT2D eigenvalue weighted by atomic mass is 16.3. The van der Waals surface area contributed by atoms with Crippen molar-refractivity contribution in [2.24, 2.45) is 0 Å². The Bertz CT molecular complexity index is 3150. The van der Waals surface area contributed by atoms with Gasteiger partial charge in [-0.3, -0.25) is 0 Å². The molecule has 11 aromatic rings. The van der Waals surface area contributed by atoms with E-state index in [2.05, 4.69) is 108 Å². The van der Waals surface area contributed by atoms with E-state index in [-0.39, 0.29) is 0 Å². The van der Waals surface area contributed by atoms with Gasteiger partial charge in [0.05, 0.1) is 27.8 Å². The molecular formula is C46H27N3O2. The molecule has 51 heavy (non-hydrogen) atoms. The molecule has 0 radical (unpaired) electrons. The van der Waals surface area contributed by atoms with Gasteiger partial charge in [0.15, 0.2) is 5.82 Å². The highest BCUT2D eigenvalue weighted by molar-refractivity contribution is 6.23. The summed E-state index contributed by atoms with van der Waals surface area (Å²) in [6.45, 7) is 0. The summed E-state index contributed by atoms with van der Waals surface area (Å²) in [5.41, 5.74) is 11.4. The zero-order chi connectivity index (χ0) is 33.5. The van der Waals surface area contributed by atoms with Gasteiger partial charge in [0.1, 0.15) is 22.3 Å². The van der Waals surface area contributed by atoms with Crippen molar-refractivity contribution in [3.63, 3.8) is 0 Å². The van der Waals surface area contributed by atoms with E-state index < -0.39 is 0 Å². The van der Waals surface area contributed by atoms with Crippen LogP contribution in [0.4, 0.5) is 0 Å². The molecule has 0 aliphatic heterocycles. The molecule has 0 amide bonds. The van der Waals surface area contributed by atoms with Crippen LogP contribution in [0.15, 0.2) is 173 Å². The van der Waals surface area contributed by atoms with Crippen molar-refractivity contribution in [2.45, 2.75) is 0 Å². The fourth-order valence-electron chi connectivity index (χ4n) is 7.75. The molecule has 0 atom stereocenters. The van der Waals surface area contributed by atoms with E-state index in [1.807, 2.05) is 60.7 Å². The second kappa shape index (κ2) is 10.8. The Morgan fingerprint density at radius 3 is 1.98 bits per heavy atom. The fraction of sp³-hybridized carbons (Fsp3) is 0. The summed E-state index contributed by atoms with van der Waals surface area (Å²) in [5.74, 6) is 0.669. The first-order valence-corrected chi connectivity index (χ1v) is 17.1. The lowest BCUT2D eigenvalue weighted by molar-refractivity contribution is 0.669. The summed E-state index contributed by atoms with van der Waals surface area (Å²) in [7, 11) is 0. The van der Waals surface area contributed by atoms with Crippen LogP contribution >= 0.6 is 0 Å². The van der Waals surface area contributed by atoms with Crippen LogP contribution in [-0.2, 0) is 0 Å². The third-order valence-corrected chi connectivity index (χ3v) is 10.0. The molecule has 5 nitrogen and oxygen atoms in total. The van der Waals surface area contributed by atoms with Crippen molar-refractivity contribution in [3.8, 4) is 39.6 Å². The first kappa shape index (κ1) is 27.9. The van der Waals surface area contributed by atoms with Gasteiger partial charge in [-0.15, -0.1) is 0 Å². The monoisotopic (exact) mass is 653 g/mol. The number of fused-ring (bicyclic) bond motifs is 10. The van der Waals surface area contributed by atoms with Gasteiger partial charge in [-0.05, 0) is 54.6 Å². The molecule has 4 heterocycles. The molecule has 0 aliphatic carbocycles. The zero-order valence-electron chi connectivity index (χ0n) is 27.2. The SMILES string of the molecule is c1ccc(-c2nc(-c3cccc(-n4c5ccccc5c5c6oc7ccccc7c6ccc54)c3)cc(-c3cccc4oc5ccccc5c34)n2)cc1. The Kier molecular flexibility index (Phi) is 5.89. The molecule has 5 heteroatoms. The molecular weight excluding hydrogens is 627 g/mol. The number of hydrogen-bond acceptors (Lipinski definition) is 4. The Morgan fingerprint density at radius 1 is 0.412 bits per heavy atom. The van der Waals surface area contributed by atoms with E-state index in [0.29, 0.717) is 5.82 Å². The van der Waals surface area contributed by atoms with Gasteiger partial charge in [-0.1, -0.05) is 109 Å². The molecule has 0 bridgehead atoms. The summed E-state index contributed by atoms with van der Waals surface area (Å²) in [6, 6.07) is 56.5. The number of rotatable bonds is 4. The first-order chi connectivity index (χ1) is 25.3. The highest BCUT2D eigenvalue weighted by Crippen LogP contribution is 2.42. The summed E-state index contributed by atoms with van der Waals surface area (Å²) in [4.78, 5) is 10.4. The molecule has 0 aliphatic rings. The molecule has 0 fully saturated rings. The molecule has 4 aromatic heterocycles. The zero-order valence-corrected chi connectivity index (χ0v) is 27.2. The van der Waals surface area contributed by atoms with Gasteiger partial charge < -0.3 is 13.4 Å². The second-order valence-electron chi connectivity index (χ2n) is 12.9. The standard InChI is InChI=1S/C46H27N3O2/c1-2-12-28(13-3-1)46-47-36(27-37(48-46)33-19-11-23-42-43(33)35-18-6-9-22-41(35)50-42)29-14-10-15-30(26-29)49-38-20-7-4-17-34(38)44-39(49)25-24-32-31-16-5-8-21-40(31)51-45(32)44/h1-27H. The first-order valence-electron chi connectivity index (χ1n) is 17.1. The second-order valence-corrected chi connectivity index (χ2v) is 12.9. The summed E-state index contributed by atoms with van der Waals surface area (Å²) in [6.07, 6.45) is 0. The van der Waals surface area contributed by atoms with Crippen LogP contribution in [-0.4, -0.2) is 14.5 Å². The lowest BCUT2D eigenvalue weighted by Crippen LogP contribution is -1.98. The minimum absolute atomic E-state index is 0.669. The molecule has 0 spiro atoms. The Balaban J connectivity index is 1.14. The lowest BCUT2D eigenvalue weighted by atomic mass is 10.0. The minimum Gasteiger partial charge on any atom is -0.456 e. The largest absolute Gasteiger partial charge is 0.456 e. The summed E-state index contributed by atoms with van der Waals surface area (Å²) < 4.78 is 15.1. The van der Waals surface area contributed by atoms with Gasteiger partial charge in [0, 0.05) is 49.3 Å². The molecule has 0 unspecified atom stereocenters. The van der Waals surface area contributed by atoms with E-state index in [0.717, 1.165) is 99.4 Å². The van der Waals surface area contributed by atoms with E-state index in [9.17, 15) is 0 Å². The van der Waals surface area contributed by atoms with Crippen LogP contribution in [0.25, 0.3) is 105 Å². The Labute approximate surface area is 291 Å². The molecule has 238 valence electrons. The third-order valence-electron chi connectivity index (χ3n) is 10.0. The summed E-state index contributed by atoms with van der Waals surface area (Å²) >= 11 is 0. The van der Waals surface area contributed by atoms with Gasteiger partial charge in [0.25, 0.3) is 0 Å². The average Bonchev–Trinajstić information content (AvgIpc) is 3.87. The smallest absolute Gasteiger partial charge is 0.160 e. The predicted octanol–water partition coefficient (Wildman–Crippen LogP) is 12.4. The number of nitrogens with zero attached hydrogens (tertiary/aromatic N) is 3. The van der Waals surface area contributed by atoms with E-state index in [4.69, 9.17) is 18.8 Å². The third kappa shape index (κ3) is 4.22. The quantitative estimate of drug-likeness (QED) is 0.190. The van der Waals surface area contributed by atoms with Crippen molar-refractivity contribution in [1.29, 1.82) is 0 Å². The van der Waals surface area contributed by atoms with Crippen LogP contribution in [0.2, 0.25) is 0 Å². The van der Waals surface area contributed by atoms with Crippen molar-refractivity contribution < 1.29 is 8.83 Å². The van der Waals surface area contributed by atoms with Crippen molar-refractivity contribution in [2.75, 3.05) is 0 Å². The number of benzene rings is 7. The topological polar surface area (TPSA) is 57.0 Å². The minimum atomic E-state index is 0.669. The number of hydrogen-bond donors (Lipinski definition) is 0. The molecule has 7 aromatic carbocycles. The van der Waals surface area contributed by atoms with Crippen LogP contribution in [0.1, 0.15) is 0 Å². The Morgan fingerprint density at radius 2 is 1.10 bits per heavy atom. The number of furan rings is 2. The highest BCUT2D eigenvalue weighted by Gasteiger charge is 2.20. The van der Waals surface area contributed by atoms with Crippen LogP contribution in [0.5, 0.6) is 0 Å². The van der Waals surface area contributed by atoms with Crippen molar-refractivity contribution in [1.82, 2.24) is 14.5 Å². The maximum atomic E-state index is 6.54. The van der Waals surface area contributed by atoms with Crippen molar-refractivity contribution >= 4 is 65.7 Å². The maximum absolute atomic E-state index is 6.54. The normalized spacial score (nSPS) is 11.9. The number of para-hydroxylation sites is 3. The predicted molar refractivity (Wildman–Crippen MR) is 207 cm³/mol. The van der Waals surface area contributed by atoms with Crippen LogP contribution in [0.3, 0.4) is 0 Å². The molecule has 0 saturated carbocycles. The Hall–Kier alpha value is -6.98.